The summed E-state index contributed by atoms with van der Waals surface area (Å²) in [5.41, 5.74) is 10.1. The van der Waals surface area contributed by atoms with Crippen molar-refractivity contribution >= 4 is 48.8 Å². The number of aryl methyl sites for hydroxylation is 1. The molecule has 0 aliphatic heterocycles. The third-order valence-corrected chi connectivity index (χ3v) is 3.88. The molecule has 0 amide bonds. The lowest BCUT2D eigenvalue weighted by Crippen LogP contribution is -2.01. The van der Waals surface area contributed by atoms with Crippen molar-refractivity contribution in [1.29, 1.82) is 0 Å². The molecule has 5 heteroatoms. The maximum Gasteiger partial charge on any atom is 0.205 e. The van der Waals surface area contributed by atoms with E-state index >= 15 is 0 Å². The lowest BCUT2D eigenvalue weighted by atomic mass is 10.2. The molecule has 0 bridgehead atoms. The Balaban J connectivity index is 2.35. The first-order valence-electron chi connectivity index (χ1n) is 5.75. The molecule has 0 aliphatic rings. The van der Waals surface area contributed by atoms with Gasteiger partial charge in [0.25, 0.3) is 0 Å². The zero-order chi connectivity index (χ0) is 13.6. The number of fused-ring (bicyclic) bond motifs is 1. The van der Waals surface area contributed by atoms with Crippen LogP contribution in [0.1, 0.15) is 5.56 Å². The van der Waals surface area contributed by atoms with Gasteiger partial charge in [-0.15, -0.1) is 0 Å². The Morgan fingerprint density at radius 3 is 2.58 bits per heavy atom. The van der Waals surface area contributed by atoms with Crippen molar-refractivity contribution in [2.45, 2.75) is 6.92 Å². The van der Waals surface area contributed by atoms with E-state index in [1.165, 1.54) is 5.56 Å². The predicted molar refractivity (Wildman–Crippen MR) is 85.6 cm³/mol. The van der Waals surface area contributed by atoms with Crippen LogP contribution in [0, 0.1) is 6.92 Å². The number of nitrogens with two attached hydrogens (primary N) is 1. The summed E-state index contributed by atoms with van der Waals surface area (Å²) in [5.74, 6) is 0.491. The van der Waals surface area contributed by atoms with Crippen molar-refractivity contribution in [1.82, 2.24) is 9.55 Å². The monoisotopic (exact) mass is 379 g/mol. The minimum atomic E-state index is 0.491. The van der Waals surface area contributed by atoms with Crippen LogP contribution in [0.2, 0.25) is 0 Å². The van der Waals surface area contributed by atoms with Crippen LogP contribution in [0.4, 0.5) is 5.95 Å². The molecular formula is C14H11Br2N3. The van der Waals surface area contributed by atoms with Crippen molar-refractivity contribution in [3.05, 3.63) is 50.9 Å². The molecule has 19 heavy (non-hydrogen) atoms. The summed E-state index contributed by atoms with van der Waals surface area (Å²) in [6, 6.07) is 12.1. The topological polar surface area (TPSA) is 43.8 Å². The van der Waals surface area contributed by atoms with Crippen molar-refractivity contribution in [3.63, 3.8) is 0 Å². The van der Waals surface area contributed by atoms with Crippen LogP contribution in [-0.2, 0) is 0 Å². The highest BCUT2D eigenvalue weighted by Gasteiger charge is 2.11. The minimum absolute atomic E-state index is 0.491. The van der Waals surface area contributed by atoms with E-state index in [0.29, 0.717) is 5.95 Å². The van der Waals surface area contributed by atoms with Gasteiger partial charge in [0.05, 0.1) is 16.7 Å². The highest BCUT2D eigenvalue weighted by atomic mass is 79.9. The van der Waals surface area contributed by atoms with Crippen LogP contribution >= 0.6 is 31.9 Å². The molecule has 0 unspecified atom stereocenters. The molecule has 3 nitrogen and oxygen atoms in total. The zero-order valence-corrected chi connectivity index (χ0v) is 13.4. The van der Waals surface area contributed by atoms with Gasteiger partial charge in [0.2, 0.25) is 5.95 Å². The summed E-state index contributed by atoms with van der Waals surface area (Å²) in [6.45, 7) is 2.06. The van der Waals surface area contributed by atoms with Crippen molar-refractivity contribution in [2.75, 3.05) is 5.73 Å². The molecule has 0 saturated heterocycles. The second-order valence-electron chi connectivity index (χ2n) is 4.43. The third kappa shape index (κ3) is 2.28. The number of benzene rings is 2. The van der Waals surface area contributed by atoms with Crippen LogP contribution in [0.15, 0.2) is 45.3 Å². The smallest absolute Gasteiger partial charge is 0.205 e. The van der Waals surface area contributed by atoms with Gasteiger partial charge < -0.3 is 5.73 Å². The largest absolute Gasteiger partial charge is 0.369 e. The van der Waals surface area contributed by atoms with Gasteiger partial charge in [0.1, 0.15) is 0 Å². The quantitative estimate of drug-likeness (QED) is 0.678. The van der Waals surface area contributed by atoms with Crippen LogP contribution < -0.4 is 5.73 Å². The summed E-state index contributed by atoms with van der Waals surface area (Å²) >= 11 is 7.00. The highest BCUT2D eigenvalue weighted by Crippen LogP contribution is 2.27. The molecule has 1 heterocycles. The molecule has 0 spiro atoms. The van der Waals surface area contributed by atoms with E-state index in [0.717, 1.165) is 25.7 Å². The van der Waals surface area contributed by atoms with Crippen molar-refractivity contribution in [2.24, 2.45) is 0 Å². The lowest BCUT2D eigenvalue weighted by molar-refractivity contribution is 1.10. The minimum Gasteiger partial charge on any atom is -0.369 e. The standard InChI is InChI=1S/C14H11Br2N3/c1-8-4-10(16)6-11(5-8)19-13-7-9(15)2-3-12(13)18-14(19)17/h2-7H,1H3,(H2,17,18). The van der Waals surface area contributed by atoms with E-state index in [-0.39, 0.29) is 0 Å². The number of aromatic nitrogens is 2. The Hall–Kier alpha value is -1.33. The summed E-state index contributed by atoms with van der Waals surface area (Å²) < 4.78 is 3.99. The molecule has 96 valence electrons. The fraction of sp³-hybridized carbons (Fsp3) is 0.0714. The van der Waals surface area contributed by atoms with E-state index in [2.05, 4.69) is 55.9 Å². The first-order chi connectivity index (χ1) is 9.04. The molecule has 0 fully saturated rings. The molecule has 0 atom stereocenters. The van der Waals surface area contributed by atoms with E-state index in [1.807, 2.05) is 28.8 Å². The van der Waals surface area contributed by atoms with Crippen LogP contribution in [-0.4, -0.2) is 9.55 Å². The van der Waals surface area contributed by atoms with E-state index in [4.69, 9.17) is 5.73 Å². The lowest BCUT2D eigenvalue weighted by Gasteiger charge is -2.08. The van der Waals surface area contributed by atoms with Crippen molar-refractivity contribution in [3.8, 4) is 5.69 Å². The second-order valence-corrected chi connectivity index (χ2v) is 6.26. The fourth-order valence-corrected chi connectivity index (χ4v) is 3.13. The Morgan fingerprint density at radius 2 is 1.84 bits per heavy atom. The Morgan fingerprint density at radius 1 is 1.05 bits per heavy atom. The van der Waals surface area contributed by atoms with Gasteiger partial charge in [-0.3, -0.25) is 4.57 Å². The molecule has 1 aromatic heterocycles. The van der Waals surface area contributed by atoms with E-state index in [9.17, 15) is 0 Å². The zero-order valence-electron chi connectivity index (χ0n) is 10.2. The summed E-state index contributed by atoms with van der Waals surface area (Å²) in [6.07, 6.45) is 0. The van der Waals surface area contributed by atoms with Gasteiger partial charge in [0.15, 0.2) is 0 Å². The van der Waals surface area contributed by atoms with Gasteiger partial charge in [0, 0.05) is 8.95 Å². The first-order valence-corrected chi connectivity index (χ1v) is 7.34. The normalized spacial score (nSPS) is 11.1. The number of nitrogens with zero attached hydrogens (tertiary/aromatic N) is 2. The summed E-state index contributed by atoms with van der Waals surface area (Å²) in [7, 11) is 0. The number of hydrogen-bond acceptors (Lipinski definition) is 2. The van der Waals surface area contributed by atoms with Gasteiger partial charge >= 0.3 is 0 Å². The number of halogens is 2. The van der Waals surface area contributed by atoms with Crippen molar-refractivity contribution < 1.29 is 0 Å². The van der Waals surface area contributed by atoms with E-state index < -0.39 is 0 Å². The fourth-order valence-electron chi connectivity index (χ4n) is 2.18. The molecular weight excluding hydrogens is 370 g/mol. The molecule has 0 radical (unpaired) electrons. The third-order valence-electron chi connectivity index (χ3n) is 2.93. The van der Waals surface area contributed by atoms with Gasteiger partial charge in [-0.2, -0.15) is 0 Å². The number of nitrogen functional groups attached to an aromatic ring is 1. The Kier molecular flexibility index (Phi) is 3.11. The van der Waals surface area contributed by atoms with Crippen LogP contribution in [0.3, 0.4) is 0 Å². The number of hydrogen-bond donors (Lipinski definition) is 1. The van der Waals surface area contributed by atoms with Gasteiger partial charge in [-0.1, -0.05) is 31.9 Å². The Labute approximate surface area is 127 Å². The van der Waals surface area contributed by atoms with Gasteiger partial charge in [-0.25, -0.2) is 4.98 Å². The number of anilines is 1. The first kappa shape index (κ1) is 12.7. The average molecular weight is 381 g/mol. The summed E-state index contributed by atoms with van der Waals surface area (Å²) in [4.78, 5) is 4.39. The molecule has 3 rings (SSSR count). The SMILES string of the molecule is Cc1cc(Br)cc(-n2c(N)nc3ccc(Br)cc32)c1. The number of rotatable bonds is 1. The molecule has 0 aliphatic carbocycles. The average Bonchev–Trinajstić information content (AvgIpc) is 2.63. The second kappa shape index (κ2) is 4.65. The molecule has 2 N–H and O–H groups in total. The molecule has 2 aromatic carbocycles. The van der Waals surface area contributed by atoms with Crippen LogP contribution in [0.25, 0.3) is 16.7 Å². The Bertz CT molecular complexity index is 757. The van der Waals surface area contributed by atoms with E-state index in [1.54, 1.807) is 0 Å². The molecule has 3 aromatic rings. The highest BCUT2D eigenvalue weighted by molar-refractivity contribution is 9.10. The number of imidazole rings is 1. The maximum atomic E-state index is 6.06. The molecule has 0 saturated carbocycles. The maximum absolute atomic E-state index is 6.06. The predicted octanol–water partition coefficient (Wildman–Crippen LogP) is 4.44. The van der Waals surface area contributed by atoms with Gasteiger partial charge in [-0.05, 0) is 48.9 Å². The van der Waals surface area contributed by atoms with Crippen LogP contribution in [0.5, 0.6) is 0 Å². The summed E-state index contributed by atoms with van der Waals surface area (Å²) in [5, 5.41) is 0.